The molecule has 6 heteroatoms. The summed E-state index contributed by atoms with van der Waals surface area (Å²) in [5.74, 6) is -0.957. The predicted octanol–water partition coefficient (Wildman–Crippen LogP) is 2.12. The summed E-state index contributed by atoms with van der Waals surface area (Å²) in [5, 5.41) is 5.12. The van der Waals surface area contributed by atoms with Gasteiger partial charge < -0.3 is 15.4 Å². The van der Waals surface area contributed by atoms with Crippen molar-refractivity contribution in [2.75, 3.05) is 18.5 Å². The Labute approximate surface area is 135 Å². The van der Waals surface area contributed by atoms with Crippen LogP contribution in [0.1, 0.15) is 32.3 Å². The van der Waals surface area contributed by atoms with E-state index in [0.717, 1.165) is 18.4 Å². The van der Waals surface area contributed by atoms with Crippen molar-refractivity contribution in [3.63, 3.8) is 0 Å². The van der Waals surface area contributed by atoms with Gasteiger partial charge in [-0.15, -0.1) is 0 Å². The van der Waals surface area contributed by atoms with Gasteiger partial charge in [-0.1, -0.05) is 25.5 Å². The number of amides is 2. The molecular weight excluding hydrogens is 296 g/mol. The van der Waals surface area contributed by atoms with Gasteiger partial charge in [0.15, 0.2) is 0 Å². The summed E-state index contributed by atoms with van der Waals surface area (Å²) in [6, 6.07) is 7.02. The van der Waals surface area contributed by atoms with Gasteiger partial charge in [0, 0.05) is 18.7 Å². The average molecular weight is 318 g/mol. The Balaban J connectivity index is 2.37. The van der Waals surface area contributed by atoms with Crippen LogP contribution in [0.3, 0.4) is 0 Å². The second-order valence-corrected chi connectivity index (χ2v) is 4.93. The van der Waals surface area contributed by atoms with Gasteiger partial charge >= 0.3 is 5.97 Å². The van der Waals surface area contributed by atoms with E-state index in [1.807, 2.05) is 6.92 Å². The van der Waals surface area contributed by atoms with E-state index in [2.05, 4.69) is 10.6 Å². The first kappa shape index (κ1) is 18.4. The van der Waals surface area contributed by atoms with E-state index in [-0.39, 0.29) is 18.4 Å². The zero-order valence-electron chi connectivity index (χ0n) is 13.4. The van der Waals surface area contributed by atoms with E-state index in [9.17, 15) is 14.4 Å². The molecule has 1 aromatic rings. The number of benzene rings is 1. The van der Waals surface area contributed by atoms with E-state index in [0.29, 0.717) is 12.3 Å². The number of carbonyl (C=O) groups excluding carboxylic acids is 3. The number of anilines is 1. The first-order chi connectivity index (χ1) is 11.0. The third kappa shape index (κ3) is 8.40. The van der Waals surface area contributed by atoms with Crippen LogP contribution < -0.4 is 10.6 Å². The highest BCUT2D eigenvalue weighted by atomic mass is 16.5. The molecular formula is C17H22N2O4. The van der Waals surface area contributed by atoms with Crippen molar-refractivity contribution in [3.05, 3.63) is 35.9 Å². The highest BCUT2D eigenvalue weighted by Crippen LogP contribution is 2.10. The number of hydrogen-bond acceptors (Lipinski definition) is 4. The van der Waals surface area contributed by atoms with Crippen LogP contribution >= 0.6 is 0 Å². The molecule has 2 N–H and O–H groups in total. The van der Waals surface area contributed by atoms with Crippen LogP contribution in [0.5, 0.6) is 0 Å². The maximum atomic E-state index is 11.6. The minimum Gasteiger partial charge on any atom is -0.464 e. The highest BCUT2D eigenvalue weighted by molar-refractivity contribution is 5.93. The molecule has 6 nitrogen and oxygen atoms in total. The first-order valence-electron chi connectivity index (χ1n) is 7.50. The van der Waals surface area contributed by atoms with Crippen molar-refractivity contribution >= 4 is 29.5 Å². The van der Waals surface area contributed by atoms with E-state index >= 15 is 0 Å². The Morgan fingerprint density at radius 2 is 1.87 bits per heavy atom. The minimum absolute atomic E-state index is 0.140. The standard InChI is InChI=1S/C17H22N2O4/c1-3-4-11-23-17(22)12-18-16(21)10-7-14-5-8-15(9-6-14)19-13(2)20/h5-10H,3-4,11-12H2,1-2H3,(H,18,21)(H,19,20)/b10-7+. The van der Waals surface area contributed by atoms with Crippen molar-refractivity contribution in [2.24, 2.45) is 0 Å². The second kappa shape index (κ2) is 10.2. The molecule has 0 aliphatic rings. The topological polar surface area (TPSA) is 84.5 Å². The molecule has 0 atom stereocenters. The van der Waals surface area contributed by atoms with Gasteiger partial charge in [0.2, 0.25) is 11.8 Å². The maximum Gasteiger partial charge on any atom is 0.325 e. The SMILES string of the molecule is CCCCOC(=O)CNC(=O)/C=C/c1ccc(NC(C)=O)cc1. The van der Waals surface area contributed by atoms with Gasteiger partial charge in [-0.25, -0.2) is 0 Å². The average Bonchev–Trinajstić information content (AvgIpc) is 2.52. The van der Waals surface area contributed by atoms with Gasteiger partial charge in [-0.05, 0) is 30.2 Å². The lowest BCUT2D eigenvalue weighted by Crippen LogP contribution is -2.29. The largest absolute Gasteiger partial charge is 0.464 e. The number of hydrogen-bond donors (Lipinski definition) is 2. The molecule has 0 bridgehead atoms. The zero-order valence-corrected chi connectivity index (χ0v) is 13.4. The smallest absolute Gasteiger partial charge is 0.325 e. The molecule has 0 heterocycles. The number of rotatable bonds is 8. The predicted molar refractivity (Wildman–Crippen MR) is 88.7 cm³/mol. The van der Waals surface area contributed by atoms with Gasteiger partial charge in [-0.2, -0.15) is 0 Å². The summed E-state index contributed by atoms with van der Waals surface area (Å²) >= 11 is 0. The number of unbranched alkanes of at least 4 members (excludes halogenated alkanes) is 1. The summed E-state index contributed by atoms with van der Waals surface area (Å²) in [4.78, 5) is 33.8. The van der Waals surface area contributed by atoms with Crippen molar-refractivity contribution in [1.29, 1.82) is 0 Å². The lowest BCUT2D eigenvalue weighted by molar-refractivity contribution is -0.143. The summed E-state index contributed by atoms with van der Waals surface area (Å²) < 4.78 is 4.93. The molecule has 0 saturated heterocycles. The Morgan fingerprint density at radius 1 is 1.17 bits per heavy atom. The van der Waals surface area contributed by atoms with Crippen LogP contribution in [-0.4, -0.2) is 30.9 Å². The van der Waals surface area contributed by atoms with Crippen molar-refractivity contribution in [2.45, 2.75) is 26.7 Å². The normalized spacial score (nSPS) is 10.3. The molecule has 124 valence electrons. The zero-order chi connectivity index (χ0) is 17.1. The van der Waals surface area contributed by atoms with Gasteiger partial charge in [-0.3, -0.25) is 14.4 Å². The van der Waals surface area contributed by atoms with Crippen molar-refractivity contribution in [1.82, 2.24) is 5.32 Å². The number of esters is 1. The summed E-state index contributed by atoms with van der Waals surface area (Å²) in [6.45, 7) is 3.67. The Hall–Kier alpha value is -2.63. The molecule has 1 aromatic carbocycles. The van der Waals surface area contributed by atoms with Gasteiger partial charge in [0.25, 0.3) is 0 Å². The third-order valence-corrected chi connectivity index (χ3v) is 2.83. The summed E-state index contributed by atoms with van der Waals surface area (Å²) in [6.07, 6.45) is 4.72. The molecule has 0 spiro atoms. The fourth-order valence-corrected chi connectivity index (χ4v) is 1.65. The Morgan fingerprint density at radius 3 is 2.48 bits per heavy atom. The van der Waals surface area contributed by atoms with Crippen LogP contribution in [0.15, 0.2) is 30.3 Å². The lowest BCUT2D eigenvalue weighted by Gasteiger charge is -2.04. The fraction of sp³-hybridized carbons (Fsp3) is 0.353. The third-order valence-electron chi connectivity index (χ3n) is 2.83. The van der Waals surface area contributed by atoms with Crippen LogP contribution in [0.4, 0.5) is 5.69 Å². The number of nitrogens with one attached hydrogen (secondary N) is 2. The van der Waals surface area contributed by atoms with Crippen LogP contribution in [0.25, 0.3) is 6.08 Å². The van der Waals surface area contributed by atoms with Crippen molar-refractivity contribution in [3.8, 4) is 0 Å². The van der Waals surface area contributed by atoms with Gasteiger partial charge in [0.05, 0.1) is 6.61 Å². The van der Waals surface area contributed by atoms with E-state index in [1.165, 1.54) is 13.0 Å². The first-order valence-corrected chi connectivity index (χ1v) is 7.50. The monoisotopic (exact) mass is 318 g/mol. The quantitative estimate of drug-likeness (QED) is 0.437. The molecule has 1 rings (SSSR count). The molecule has 23 heavy (non-hydrogen) atoms. The maximum absolute atomic E-state index is 11.6. The van der Waals surface area contributed by atoms with Crippen LogP contribution in [0.2, 0.25) is 0 Å². The van der Waals surface area contributed by atoms with E-state index in [1.54, 1.807) is 30.3 Å². The number of carbonyl (C=O) groups is 3. The minimum atomic E-state index is -0.445. The lowest BCUT2D eigenvalue weighted by atomic mass is 10.2. The van der Waals surface area contributed by atoms with Crippen LogP contribution in [-0.2, 0) is 19.1 Å². The second-order valence-electron chi connectivity index (χ2n) is 4.93. The molecule has 2 amide bonds. The van der Waals surface area contributed by atoms with E-state index in [4.69, 9.17) is 4.74 Å². The molecule has 0 aliphatic carbocycles. The molecule has 0 saturated carbocycles. The van der Waals surface area contributed by atoms with Crippen molar-refractivity contribution < 1.29 is 19.1 Å². The summed E-state index contributed by atoms with van der Waals surface area (Å²) in [7, 11) is 0. The van der Waals surface area contributed by atoms with E-state index < -0.39 is 5.97 Å². The van der Waals surface area contributed by atoms with Gasteiger partial charge in [0.1, 0.15) is 6.54 Å². The molecule has 0 aromatic heterocycles. The molecule has 0 aliphatic heterocycles. The highest BCUT2D eigenvalue weighted by Gasteiger charge is 2.03. The van der Waals surface area contributed by atoms with Crippen LogP contribution in [0, 0.1) is 0 Å². The Kier molecular flexibility index (Phi) is 8.13. The molecule has 0 unspecified atom stereocenters. The Bertz CT molecular complexity index is 564. The molecule has 0 fully saturated rings. The fourth-order valence-electron chi connectivity index (χ4n) is 1.65. The number of ether oxygens (including phenoxy) is 1. The molecule has 0 radical (unpaired) electrons. The summed E-state index contributed by atoms with van der Waals surface area (Å²) in [5.41, 5.74) is 1.49.